The zero-order chi connectivity index (χ0) is 12.8. The van der Waals surface area contributed by atoms with Crippen molar-refractivity contribution in [3.8, 4) is 0 Å². The average Bonchev–Trinajstić information content (AvgIpc) is 2.38. The molecule has 2 N–H and O–H groups in total. The Morgan fingerprint density at radius 3 is 3.06 bits per heavy atom. The third kappa shape index (κ3) is 4.36. The number of nitrogens with one attached hydrogen (secondary N) is 2. The molecule has 6 heteroatoms. The predicted octanol–water partition coefficient (Wildman–Crippen LogP) is 0.501. The zero-order valence-electron chi connectivity index (χ0n) is 10.3. The molecule has 0 bridgehead atoms. The molecule has 0 aromatic carbocycles. The van der Waals surface area contributed by atoms with E-state index in [0.29, 0.717) is 6.54 Å². The second kappa shape index (κ2) is 6.26. The molecule has 5 nitrogen and oxygen atoms in total. The SMILES string of the molecule is O=S(=O)(CC1CCCNC1)NCc1cccnc1. The van der Waals surface area contributed by atoms with Gasteiger partial charge in [-0.3, -0.25) is 4.98 Å². The second-order valence-corrected chi connectivity index (χ2v) is 6.53. The van der Waals surface area contributed by atoms with Crippen molar-refractivity contribution < 1.29 is 8.42 Å². The van der Waals surface area contributed by atoms with Gasteiger partial charge in [0.15, 0.2) is 0 Å². The molecule has 1 unspecified atom stereocenters. The molecule has 1 fully saturated rings. The number of hydrogen-bond donors (Lipinski definition) is 2. The first kappa shape index (κ1) is 13.5. The smallest absolute Gasteiger partial charge is 0.212 e. The van der Waals surface area contributed by atoms with Gasteiger partial charge in [0.05, 0.1) is 5.75 Å². The fourth-order valence-electron chi connectivity index (χ4n) is 2.13. The minimum atomic E-state index is -3.20. The summed E-state index contributed by atoms with van der Waals surface area (Å²) < 4.78 is 26.5. The van der Waals surface area contributed by atoms with E-state index >= 15 is 0 Å². The van der Waals surface area contributed by atoms with Gasteiger partial charge in [0.25, 0.3) is 0 Å². The van der Waals surface area contributed by atoms with Crippen molar-refractivity contribution in [2.75, 3.05) is 18.8 Å². The van der Waals surface area contributed by atoms with Gasteiger partial charge in [-0.2, -0.15) is 0 Å². The van der Waals surface area contributed by atoms with Crippen molar-refractivity contribution in [2.24, 2.45) is 5.92 Å². The van der Waals surface area contributed by atoms with E-state index in [2.05, 4.69) is 15.0 Å². The molecular formula is C12H19N3O2S. The lowest BCUT2D eigenvalue weighted by Gasteiger charge is -2.22. The molecule has 0 amide bonds. The van der Waals surface area contributed by atoms with Crippen LogP contribution in [0.4, 0.5) is 0 Å². The Balaban J connectivity index is 1.83. The first-order valence-electron chi connectivity index (χ1n) is 6.23. The Labute approximate surface area is 108 Å². The van der Waals surface area contributed by atoms with Crippen LogP contribution in [0.2, 0.25) is 0 Å². The Morgan fingerprint density at radius 2 is 2.39 bits per heavy atom. The van der Waals surface area contributed by atoms with E-state index in [1.165, 1.54) is 0 Å². The highest BCUT2D eigenvalue weighted by Crippen LogP contribution is 2.12. The molecule has 0 spiro atoms. The highest BCUT2D eigenvalue weighted by molar-refractivity contribution is 7.89. The second-order valence-electron chi connectivity index (χ2n) is 4.68. The summed E-state index contributed by atoms with van der Waals surface area (Å²) in [5.74, 6) is 0.436. The van der Waals surface area contributed by atoms with Gasteiger partial charge in [-0.1, -0.05) is 6.07 Å². The monoisotopic (exact) mass is 269 g/mol. The summed E-state index contributed by atoms with van der Waals surface area (Å²) in [6.45, 7) is 2.11. The van der Waals surface area contributed by atoms with Crippen molar-refractivity contribution >= 4 is 10.0 Å². The maximum absolute atomic E-state index is 11.9. The standard InChI is InChI=1S/C12H19N3O2S/c16-18(17,10-12-4-2-6-14-8-12)15-9-11-3-1-5-13-7-11/h1,3,5,7,12,14-15H,2,4,6,8-10H2. The summed E-state index contributed by atoms with van der Waals surface area (Å²) in [7, 11) is -3.20. The van der Waals surface area contributed by atoms with E-state index < -0.39 is 10.0 Å². The summed E-state index contributed by atoms with van der Waals surface area (Å²) in [6, 6.07) is 3.66. The Morgan fingerprint density at radius 1 is 1.50 bits per heavy atom. The number of nitrogens with zero attached hydrogens (tertiary/aromatic N) is 1. The van der Waals surface area contributed by atoms with Gasteiger partial charge in [-0.25, -0.2) is 13.1 Å². The normalized spacial score (nSPS) is 20.8. The molecule has 1 aliphatic rings. The predicted molar refractivity (Wildman–Crippen MR) is 70.5 cm³/mol. The molecule has 0 aliphatic carbocycles. The molecule has 0 saturated carbocycles. The van der Waals surface area contributed by atoms with Crippen LogP contribution >= 0.6 is 0 Å². The molecule has 1 aromatic rings. The van der Waals surface area contributed by atoms with Crippen LogP contribution in [0.5, 0.6) is 0 Å². The largest absolute Gasteiger partial charge is 0.316 e. The number of pyridine rings is 1. The molecule has 1 aromatic heterocycles. The summed E-state index contributed by atoms with van der Waals surface area (Å²) in [4.78, 5) is 3.96. The molecule has 1 aliphatic heterocycles. The number of rotatable bonds is 5. The van der Waals surface area contributed by atoms with E-state index in [0.717, 1.165) is 31.5 Å². The first-order chi connectivity index (χ1) is 8.66. The summed E-state index contributed by atoms with van der Waals surface area (Å²) >= 11 is 0. The lowest BCUT2D eigenvalue weighted by atomic mass is 10.0. The highest BCUT2D eigenvalue weighted by Gasteiger charge is 2.20. The molecule has 2 heterocycles. The van der Waals surface area contributed by atoms with Crippen LogP contribution in [-0.2, 0) is 16.6 Å². The van der Waals surface area contributed by atoms with Crippen molar-refractivity contribution in [2.45, 2.75) is 19.4 Å². The minimum absolute atomic E-state index is 0.209. The highest BCUT2D eigenvalue weighted by atomic mass is 32.2. The van der Waals surface area contributed by atoms with E-state index in [1.807, 2.05) is 6.07 Å². The zero-order valence-corrected chi connectivity index (χ0v) is 11.1. The van der Waals surface area contributed by atoms with Crippen molar-refractivity contribution in [3.05, 3.63) is 30.1 Å². The topological polar surface area (TPSA) is 71.1 Å². The molecule has 0 radical (unpaired) electrons. The van der Waals surface area contributed by atoms with Crippen LogP contribution in [0.1, 0.15) is 18.4 Å². The van der Waals surface area contributed by atoms with Crippen LogP contribution in [0, 0.1) is 5.92 Å². The van der Waals surface area contributed by atoms with Crippen LogP contribution < -0.4 is 10.0 Å². The lowest BCUT2D eigenvalue weighted by Crippen LogP contribution is -2.37. The Kier molecular flexibility index (Phi) is 4.68. The van der Waals surface area contributed by atoms with Crippen LogP contribution in [0.3, 0.4) is 0 Å². The molecule has 2 rings (SSSR count). The van der Waals surface area contributed by atoms with Gasteiger partial charge < -0.3 is 5.32 Å². The molecule has 1 saturated heterocycles. The summed E-state index contributed by atoms with van der Waals surface area (Å²) in [5, 5.41) is 3.23. The van der Waals surface area contributed by atoms with Crippen molar-refractivity contribution in [1.29, 1.82) is 0 Å². The fraction of sp³-hybridized carbons (Fsp3) is 0.583. The molecule has 100 valence electrons. The van der Waals surface area contributed by atoms with Gasteiger partial charge >= 0.3 is 0 Å². The minimum Gasteiger partial charge on any atom is -0.316 e. The third-order valence-corrected chi connectivity index (χ3v) is 4.57. The van der Waals surface area contributed by atoms with Gasteiger partial charge in [0.2, 0.25) is 10.0 Å². The van der Waals surface area contributed by atoms with E-state index in [1.54, 1.807) is 18.5 Å². The van der Waals surface area contributed by atoms with Crippen LogP contribution in [0.25, 0.3) is 0 Å². The van der Waals surface area contributed by atoms with Crippen LogP contribution in [0.15, 0.2) is 24.5 Å². The maximum Gasteiger partial charge on any atom is 0.212 e. The Bertz CT molecular complexity index is 455. The third-order valence-electron chi connectivity index (χ3n) is 3.07. The van der Waals surface area contributed by atoms with Gasteiger partial charge in [-0.15, -0.1) is 0 Å². The van der Waals surface area contributed by atoms with E-state index in [9.17, 15) is 8.42 Å². The lowest BCUT2D eigenvalue weighted by molar-refractivity contribution is 0.402. The molecule has 18 heavy (non-hydrogen) atoms. The van der Waals surface area contributed by atoms with E-state index in [4.69, 9.17) is 0 Å². The average molecular weight is 269 g/mol. The fourth-order valence-corrected chi connectivity index (χ4v) is 3.54. The summed E-state index contributed by atoms with van der Waals surface area (Å²) in [5.41, 5.74) is 0.878. The number of piperidine rings is 1. The number of sulfonamides is 1. The number of hydrogen-bond acceptors (Lipinski definition) is 4. The van der Waals surface area contributed by atoms with Crippen molar-refractivity contribution in [1.82, 2.24) is 15.0 Å². The van der Waals surface area contributed by atoms with Crippen molar-refractivity contribution in [3.63, 3.8) is 0 Å². The van der Waals surface area contributed by atoms with E-state index in [-0.39, 0.29) is 11.7 Å². The van der Waals surface area contributed by atoms with Gasteiger partial charge in [0.1, 0.15) is 0 Å². The van der Waals surface area contributed by atoms with Gasteiger partial charge in [0, 0.05) is 18.9 Å². The number of aromatic nitrogens is 1. The van der Waals surface area contributed by atoms with Gasteiger partial charge in [-0.05, 0) is 43.5 Å². The first-order valence-corrected chi connectivity index (χ1v) is 7.88. The summed E-state index contributed by atoms with van der Waals surface area (Å²) in [6.07, 6.45) is 5.39. The molecule has 1 atom stereocenters. The van der Waals surface area contributed by atoms with Crippen LogP contribution in [-0.4, -0.2) is 32.2 Å². The maximum atomic E-state index is 11.9. The molecular weight excluding hydrogens is 250 g/mol. The Hall–Kier alpha value is -0.980. The quantitative estimate of drug-likeness (QED) is 0.816.